The first kappa shape index (κ1) is 35.1. The Bertz CT molecular complexity index is 2050. The standard InChI is InChI=1S/C38H39F3N8O3/c1-4-33(24(2)50)46(3)36(51)26-7-13-30(14-8-26)48-19-17-47(18-20-48)29-11-5-25(6-12-29)27-9-16-34(42-22-27)38(40,41)37(52)23-49-35(43-44-45-49)31-21-28(39)10-15-32(31)37/h5-16,21-22,24,33,50,52H,4,17-20,23H2,1-3H3/t24-,33-,37-/m0/s1. The molecule has 3 atom stereocenters. The van der Waals surface area contributed by atoms with Gasteiger partial charge in [-0.05, 0) is 83.9 Å². The van der Waals surface area contributed by atoms with Crippen molar-refractivity contribution in [3.63, 3.8) is 0 Å². The summed E-state index contributed by atoms with van der Waals surface area (Å²) in [6, 6.07) is 21.1. The molecule has 1 amide bonds. The summed E-state index contributed by atoms with van der Waals surface area (Å²) in [4.78, 5) is 23.2. The van der Waals surface area contributed by atoms with Crippen molar-refractivity contribution >= 4 is 17.3 Å². The van der Waals surface area contributed by atoms with E-state index in [1.165, 1.54) is 18.3 Å². The fourth-order valence-electron chi connectivity index (χ4n) is 7.29. The number of aliphatic hydroxyl groups excluding tert-OH is 1. The number of tetrazole rings is 1. The van der Waals surface area contributed by atoms with Crippen LogP contribution in [0, 0.1) is 5.82 Å². The molecule has 52 heavy (non-hydrogen) atoms. The molecule has 0 unspecified atom stereocenters. The van der Waals surface area contributed by atoms with Crippen molar-refractivity contribution < 1.29 is 28.2 Å². The lowest BCUT2D eigenvalue weighted by molar-refractivity contribution is -0.207. The van der Waals surface area contributed by atoms with E-state index < -0.39 is 35.7 Å². The van der Waals surface area contributed by atoms with E-state index >= 15 is 8.78 Å². The fourth-order valence-corrected chi connectivity index (χ4v) is 7.29. The number of carbonyl (C=O) groups is 1. The maximum absolute atomic E-state index is 16.2. The van der Waals surface area contributed by atoms with Gasteiger partial charge >= 0.3 is 5.92 Å². The molecule has 0 bridgehead atoms. The van der Waals surface area contributed by atoms with Crippen LogP contribution >= 0.6 is 0 Å². The normalized spacial score (nSPS) is 18.4. The first-order chi connectivity index (χ1) is 24.9. The first-order valence-corrected chi connectivity index (χ1v) is 17.2. The number of hydrogen-bond donors (Lipinski definition) is 2. The third-order valence-electron chi connectivity index (χ3n) is 10.3. The average molecular weight is 713 g/mol. The number of benzene rings is 3. The number of piperazine rings is 1. The number of aliphatic hydroxyl groups is 2. The number of hydrogen-bond acceptors (Lipinski definition) is 9. The van der Waals surface area contributed by atoms with Crippen LogP contribution in [0.25, 0.3) is 22.5 Å². The van der Waals surface area contributed by atoms with Crippen LogP contribution < -0.4 is 9.80 Å². The minimum absolute atomic E-state index is 0.0119. The van der Waals surface area contributed by atoms with Crippen LogP contribution in [0.1, 0.15) is 41.9 Å². The SMILES string of the molecule is CC[C@@H]([C@H](C)O)N(C)C(=O)c1ccc(N2CCN(c3ccc(-c4ccc(C(F)(F)[C@]5(O)Cn6nnnc6-c6cc(F)ccc65)nc4)cc3)CC2)cc1. The van der Waals surface area contributed by atoms with Gasteiger partial charge in [-0.2, -0.15) is 8.78 Å². The van der Waals surface area contributed by atoms with Crippen LogP contribution in [0.2, 0.25) is 0 Å². The van der Waals surface area contributed by atoms with Crippen molar-refractivity contribution in [3.8, 4) is 22.5 Å². The molecule has 4 heterocycles. The molecule has 0 spiro atoms. The number of halogens is 3. The van der Waals surface area contributed by atoms with Gasteiger partial charge in [0, 0.05) is 73.1 Å². The highest BCUT2D eigenvalue weighted by Gasteiger charge is 2.59. The van der Waals surface area contributed by atoms with E-state index in [1.54, 1.807) is 18.9 Å². The lowest BCUT2D eigenvalue weighted by atomic mass is 9.80. The highest BCUT2D eigenvalue weighted by Crippen LogP contribution is 2.50. The van der Waals surface area contributed by atoms with Crippen molar-refractivity contribution in [1.82, 2.24) is 30.1 Å². The van der Waals surface area contributed by atoms with Gasteiger partial charge < -0.3 is 24.9 Å². The Labute approximate surface area is 298 Å². The van der Waals surface area contributed by atoms with Gasteiger partial charge in [0.2, 0.25) is 0 Å². The zero-order valence-electron chi connectivity index (χ0n) is 29.0. The van der Waals surface area contributed by atoms with Crippen LogP contribution in [0.15, 0.2) is 85.1 Å². The molecule has 1 saturated heterocycles. The highest BCUT2D eigenvalue weighted by atomic mass is 19.3. The molecule has 2 aromatic heterocycles. The third kappa shape index (κ3) is 6.15. The highest BCUT2D eigenvalue weighted by molar-refractivity contribution is 5.94. The van der Waals surface area contributed by atoms with E-state index in [1.807, 2.05) is 55.5 Å². The minimum Gasteiger partial charge on any atom is -0.391 e. The summed E-state index contributed by atoms with van der Waals surface area (Å²) in [5.74, 6) is -4.57. The summed E-state index contributed by atoms with van der Waals surface area (Å²) < 4.78 is 47.4. The van der Waals surface area contributed by atoms with Gasteiger partial charge in [0.1, 0.15) is 11.5 Å². The molecule has 2 aliphatic rings. The molecule has 11 nitrogen and oxygen atoms in total. The molecular weight excluding hydrogens is 673 g/mol. The van der Waals surface area contributed by atoms with E-state index in [-0.39, 0.29) is 28.9 Å². The number of fused-ring (bicyclic) bond motifs is 3. The Morgan fingerprint density at radius 1 is 0.942 bits per heavy atom. The van der Waals surface area contributed by atoms with E-state index in [9.17, 15) is 19.4 Å². The lowest BCUT2D eigenvalue weighted by Gasteiger charge is -2.39. The van der Waals surface area contributed by atoms with Crippen molar-refractivity contribution in [3.05, 3.63) is 108 Å². The molecular formula is C38H39F3N8O3. The molecule has 7 rings (SSSR count). The Balaban J connectivity index is 0.993. The van der Waals surface area contributed by atoms with Crippen LogP contribution in [0.4, 0.5) is 24.5 Å². The summed E-state index contributed by atoms with van der Waals surface area (Å²) in [6.45, 7) is 6.14. The van der Waals surface area contributed by atoms with Crippen LogP contribution in [-0.2, 0) is 18.1 Å². The van der Waals surface area contributed by atoms with E-state index in [4.69, 9.17) is 0 Å². The molecule has 0 saturated carbocycles. The number of nitrogens with zero attached hydrogens (tertiary/aromatic N) is 8. The molecule has 0 aliphatic carbocycles. The molecule has 270 valence electrons. The van der Waals surface area contributed by atoms with Crippen molar-refractivity contribution in [2.45, 2.75) is 50.5 Å². The number of amides is 1. The fraction of sp³-hybridized carbons (Fsp3) is 0.342. The third-order valence-corrected chi connectivity index (χ3v) is 10.3. The summed E-state index contributed by atoms with van der Waals surface area (Å²) in [5, 5.41) is 32.6. The second kappa shape index (κ2) is 13.7. The Morgan fingerprint density at radius 2 is 1.56 bits per heavy atom. The number of aromatic nitrogens is 5. The molecule has 5 aromatic rings. The second-order valence-electron chi connectivity index (χ2n) is 13.4. The topological polar surface area (TPSA) is 124 Å². The van der Waals surface area contributed by atoms with Gasteiger partial charge in [0.05, 0.1) is 18.7 Å². The molecule has 3 aromatic carbocycles. The van der Waals surface area contributed by atoms with Crippen molar-refractivity contribution in [2.75, 3.05) is 43.0 Å². The zero-order chi connectivity index (χ0) is 36.8. The van der Waals surface area contributed by atoms with Crippen LogP contribution in [0.5, 0.6) is 0 Å². The zero-order valence-corrected chi connectivity index (χ0v) is 29.0. The van der Waals surface area contributed by atoms with E-state index in [0.717, 1.165) is 66.0 Å². The van der Waals surface area contributed by atoms with Gasteiger partial charge in [-0.1, -0.05) is 31.2 Å². The lowest BCUT2D eigenvalue weighted by Crippen LogP contribution is -2.49. The quantitative estimate of drug-likeness (QED) is 0.215. The molecule has 2 aliphatic heterocycles. The molecule has 1 fully saturated rings. The van der Waals surface area contributed by atoms with E-state index in [0.29, 0.717) is 17.5 Å². The van der Waals surface area contributed by atoms with Gasteiger partial charge in [-0.15, -0.1) is 5.10 Å². The Morgan fingerprint density at radius 3 is 2.13 bits per heavy atom. The number of rotatable bonds is 9. The summed E-state index contributed by atoms with van der Waals surface area (Å²) in [7, 11) is 1.72. The smallest absolute Gasteiger partial charge is 0.323 e. The number of likely N-dealkylation sites (N-methyl/N-ethyl adjacent to an activating group) is 1. The monoisotopic (exact) mass is 712 g/mol. The number of carbonyl (C=O) groups excluding carboxylic acids is 1. The maximum Gasteiger partial charge on any atom is 0.323 e. The molecule has 0 radical (unpaired) electrons. The second-order valence-corrected chi connectivity index (χ2v) is 13.4. The van der Waals surface area contributed by atoms with Crippen LogP contribution in [-0.4, -0.2) is 91.6 Å². The van der Waals surface area contributed by atoms with E-state index in [2.05, 4.69) is 30.3 Å². The predicted molar refractivity (Wildman–Crippen MR) is 189 cm³/mol. The first-order valence-electron chi connectivity index (χ1n) is 17.2. The molecule has 2 N–H and O–H groups in total. The minimum atomic E-state index is -3.87. The average Bonchev–Trinajstić information content (AvgIpc) is 3.63. The summed E-state index contributed by atoms with van der Waals surface area (Å²) in [5.41, 5.74) is 0.442. The number of alkyl halides is 2. The number of anilines is 2. The number of pyridine rings is 1. The summed E-state index contributed by atoms with van der Waals surface area (Å²) in [6.07, 6.45) is 1.40. The Kier molecular flexibility index (Phi) is 9.21. The van der Waals surface area contributed by atoms with Crippen molar-refractivity contribution in [1.29, 1.82) is 0 Å². The van der Waals surface area contributed by atoms with Gasteiger partial charge in [0.25, 0.3) is 5.91 Å². The Hall–Kier alpha value is -5.34. The maximum atomic E-state index is 16.2. The van der Waals surface area contributed by atoms with Gasteiger partial charge in [-0.3, -0.25) is 9.78 Å². The molecule has 14 heteroatoms. The largest absolute Gasteiger partial charge is 0.391 e. The van der Waals surface area contributed by atoms with Crippen molar-refractivity contribution in [2.24, 2.45) is 0 Å². The summed E-state index contributed by atoms with van der Waals surface area (Å²) >= 11 is 0. The van der Waals surface area contributed by atoms with Gasteiger partial charge in [-0.25, -0.2) is 9.07 Å². The van der Waals surface area contributed by atoms with Crippen LogP contribution in [0.3, 0.4) is 0 Å². The predicted octanol–water partition coefficient (Wildman–Crippen LogP) is 5.09. The van der Waals surface area contributed by atoms with Gasteiger partial charge in [0.15, 0.2) is 11.4 Å².